The van der Waals surface area contributed by atoms with E-state index in [1.807, 2.05) is 13.8 Å². The van der Waals surface area contributed by atoms with E-state index in [1.165, 1.54) is 12.0 Å². The summed E-state index contributed by atoms with van der Waals surface area (Å²) in [6, 6.07) is -0.471. The van der Waals surface area contributed by atoms with Crippen molar-refractivity contribution in [2.45, 2.75) is 26.3 Å². The summed E-state index contributed by atoms with van der Waals surface area (Å²) in [5.41, 5.74) is 0. The van der Waals surface area contributed by atoms with Crippen molar-refractivity contribution in [2.24, 2.45) is 0 Å². The molecule has 0 saturated heterocycles. The van der Waals surface area contributed by atoms with Crippen LogP contribution in [0.25, 0.3) is 0 Å². The Morgan fingerprint density at radius 2 is 2.00 bits per heavy atom. The third-order valence-corrected chi connectivity index (χ3v) is 2.23. The van der Waals surface area contributed by atoms with Crippen molar-refractivity contribution in [3.05, 3.63) is 0 Å². The molecule has 0 aliphatic rings. The second kappa shape index (κ2) is 7.23. The van der Waals surface area contributed by atoms with E-state index in [4.69, 9.17) is 0 Å². The molecule has 1 N–H and O–H groups in total. The number of nitrogens with one attached hydrogen (secondary N) is 1. The maximum Gasteiger partial charge on any atom is 0.328 e. The zero-order valence-electron chi connectivity index (χ0n) is 9.87. The number of rotatable bonds is 6. The molecule has 88 valence electrons. The van der Waals surface area contributed by atoms with Crippen molar-refractivity contribution in [1.82, 2.24) is 10.2 Å². The maximum absolute atomic E-state index is 11.7. The van der Waals surface area contributed by atoms with Crippen LogP contribution in [0.3, 0.4) is 0 Å². The van der Waals surface area contributed by atoms with Gasteiger partial charge in [-0.15, -0.1) is 0 Å². The Morgan fingerprint density at radius 1 is 1.40 bits per heavy atom. The molecule has 15 heavy (non-hydrogen) atoms. The van der Waals surface area contributed by atoms with Gasteiger partial charge in [0.25, 0.3) is 0 Å². The molecular formula is C10H20N2O3. The van der Waals surface area contributed by atoms with Gasteiger partial charge in [0.05, 0.1) is 13.7 Å². The highest BCUT2D eigenvalue weighted by Crippen LogP contribution is 2.06. The van der Waals surface area contributed by atoms with Crippen molar-refractivity contribution in [3.8, 4) is 0 Å². The number of carbonyl (C=O) groups excluding carboxylic acids is 2. The van der Waals surface area contributed by atoms with Gasteiger partial charge in [-0.2, -0.15) is 0 Å². The number of methoxy groups -OCH3 is 1. The highest BCUT2D eigenvalue weighted by molar-refractivity contribution is 5.85. The normalized spacial score (nSPS) is 12.0. The maximum atomic E-state index is 11.7. The van der Waals surface area contributed by atoms with Crippen LogP contribution >= 0.6 is 0 Å². The van der Waals surface area contributed by atoms with Crippen LogP contribution in [0.2, 0.25) is 0 Å². The Morgan fingerprint density at radius 3 is 2.33 bits per heavy atom. The lowest BCUT2D eigenvalue weighted by Crippen LogP contribution is -2.47. The van der Waals surface area contributed by atoms with Crippen LogP contribution in [0.5, 0.6) is 0 Å². The fourth-order valence-corrected chi connectivity index (χ4v) is 1.47. The Labute approximate surface area is 90.8 Å². The summed E-state index contributed by atoms with van der Waals surface area (Å²) in [5.74, 6) is -0.443. The molecule has 0 fully saturated rings. The largest absolute Gasteiger partial charge is 0.467 e. The van der Waals surface area contributed by atoms with Crippen molar-refractivity contribution in [2.75, 3.05) is 27.2 Å². The number of amides is 1. The smallest absolute Gasteiger partial charge is 0.328 e. The van der Waals surface area contributed by atoms with Gasteiger partial charge < -0.3 is 15.0 Å². The molecule has 0 aliphatic carbocycles. The van der Waals surface area contributed by atoms with Crippen molar-refractivity contribution in [1.29, 1.82) is 0 Å². The molecule has 0 aromatic heterocycles. The van der Waals surface area contributed by atoms with E-state index in [1.54, 1.807) is 7.05 Å². The molecule has 0 bridgehead atoms. The van der Waals surface area contributed by atoms with Gasteiger partial charge in [0.1, 0.15) is 6.04 Å². The lowest BCUT2D eigenvalue weighted by Gasteiger charge is -2.27. The average molecular weight is 216 g/mol. The summed E-state index contributed by atoms with van der Waals surface area (Å²) in [4.78, 5) is 24.6. The number of likely N-dealkylation sites (N-methyl/N-ethyl adjacent to an activating group) is 2. The molecular weight excluding hydrogens is 196 g/mol. The van der Waals surface area contributed by atoms with E-state index < -0.39 is 6.04 Å². The zero-order chi connectivity index (χ0) is 11.8. The average Bonchev–Trinajstić information content (AvgIpc) is 2.24. The van der Waals surface area contributed by atoms with Gasteiger partial charge in [-0.1, -0.05) is 6.92 Å². The third-order valence-electron chi connectivity index (χ3n) is 2.23. The SMILES string of the molecule is CCC(C(=O)OC)N(CC)C(=O)CNC. The van der Waals surface area contributed by atoms with Gasteiger partial charge >= 0.3 is 5.97 Å². The second-order valence-corrected chi connectivity index (χ2v) is 3.16. The molecule has 0 heterocycles. The predicted octanol–water partition coefficient (Wildman–Crippen LogP) is 0.00590. The van der Waals surface area contributed by atoms with E-state index >= 15 is 0 Å². The molecule has 1 unspecified atom stereocenters. The minimum Gasteiger partial charge on any atom is -0.467 e. The van der Waals surface area contributed by atoms with Gasteiger partial charge in [0, 0.05) is 6.54 Å². The number of hydrogen-bond donors (Lipinski definition) is 1. The molecule has 0 aromatic rings. The van der Waals surface area contributed by atoms with Crippen LogP contribution < -0.4 is 5.32 Å². The minimum absolute atomic E-state index is 0.0859. The Bertz CT molecular complexity index is 219. The van der Waals surface area contributed by atoms with Gasteiger partial charge in [0.15, 0.2) is 0 Å². The van der Waals surface area contributed by atoms with E-state index in [2.05, 4.69) is 10.1 Å². The Balaban J connectivity index is 4.60. The van der Waals surface area contributed by atoms with Gasteiger partial charge in [-0.05, 0) is 20.4 Å². The fourth-order valence-electron chi connectivity index (χ4n) is 1.47. The van der Waals surface area contributed by atoms with E-state index in [0.29, 0.717) is 13.0 Å². The third kappa shape index (κ3) is 3.87. The van der Waals surface area contributed by atoms with Crippen LogP contribution in [0, 0.1) is 0 Å². The summed E-state index contributed by atoms with van der Waals surface area (Å²) in [6.45, 7) is 4.45. The second-order valence-electron chi connectivity index (χ2n) is 3.16. The number of esters is 1. The molecule has 0 saturated carbocycles. The first-order valence-corrected chi connectivity index (χ1v) is 5.14. The van der Waals surface area contributed by atoms with Crippen LogP contribution in [0.4, 0.5) is 0 Å². The van der Waals surface area contributed by atoms with Gasteiger partial charge in [-0.25, -0.2) is 4.79 Å². The van der Waals surface area contributed by atoms with Crippen molar-refractivity contribution in [3.63, 3.8) is 0 Å². The quantitative estimate of drug-likeness (QED) is 0.635. The molecule has 5 heteroatoms. The van der Waals surface area contributed by atoms with Crippen LogP contribution in [-0.2, 0) is 14.3 Å². The molecule has 1 amide bonds. The summed E-state index contributed by atoms with van der Waals surface area (Å²) >= 11 is 0. The zero-order valence-corrected chi connectivity index (χ0v) is 9.87. The first kappa shape index (κ1) is 13.9. The molecule has 0 rings (SSSR count). The number of hydrogen-bond acceptors (Lipinski definition) is 4. The van der Waals surface area contributed by atoms with Gasteiger partial charge in [-0.3, -0.25) is 4.79 Å². The van der Waals surface area contributed by atoms with Crippen molar-refractivity contribution >= 4 is 11.9 Å². The molecule has 5 nitrogen and oxygen atoms in total. The van der Waals surface area contributed by atoms with E-state index in [9.17, 15) is 9.59 Å². The van der Waals surface area contributed by atoms with Crippen LogP contribution in [-0.4, -0.2) is 50.1 Å². The summed E-state index contributed by atoms with van der Waals surface area (Å²) in [5, 5.41) is 2.77. The molecule has 0 spiro atoms. The lowest BCUT2D eigenvalue weighted by atomic mass is 10.2. The molecule has 0 aromatic carbocycles. The number of carbonyl (C=O) groups is 2. The fraction of sp³-hybridized carbons (Fsp3) is 0.800. The number of nitrogens with zero attached hydrogens (tertiary/aromatic N) is 1. The summed E-state index contributed by atoms with van der Waals surface area (Å²) in [6.07, 6.45) is 0.565. The lowest BCUT2D eigenvalue weighted by molar-refractivity contribution is -0.152. The van der Waals surface area contributed by atoms with Crippen LogP contribution in [0.15, 0.2) is 0 Å². The first-order valence-electron chi connectivity index (χ1n) is 5.14. The predicted molar refractivity (Wildman–Crippen MR) is 57.4 cm³/mol. The summed E-state index contributed by atoms with van der Waals surface area (Å²) in [7, 11) is 3.03. The molecule has 0 radical (unpaired) electrons. The minimum atomic E-state index is -0.471. The van der Waals surface area contributed by atoms with Crippen LogP contribution in [0.1, 0.15) is 20.3 Å². The standard InChI is InChI=1S/C10H20N2O3/c1-5-8(10(14)15-4)12(6-2)9(13)7-11-3/h8,11H,5-7H2,1-4H3. The van der Waals surface area contributed by atoms with E-state index in [-0.39, 0.29) is 18.4 Å². The topological polar surface area (TPSA) is 58.6 Å². The summed E-state index contributed by atoms with van der Waals surface area (Å²) < 4.78 is 4.66. The Hall–Kier alpha value is -1.10. The molecule has 1 atom stereocenters. The van der Waals surface area contributed by atoms with Gasteiger partial charge in [0.2, 0.25) is 5.91 Å². The highest BCUT2D eigenvalue weighted by atomic mass is 16.5. The number of ether oxygens (including phenoxy) is 1. The van der Waals surface area contributed by atoms with E-state index in [0.717, 1.165) is 0 Å². The first-order chi connectivity index (χ1) is 7.12. The molecule has 0 aliphatic heterocycles. The Kier molecular flexibility index (Phi) is 6.70. The van der Waals surface area contributed by atoms with Crippen molar-refractivity contribution < 1.29 is 14.3 Å². The monoisotopic (exact) mass is 216 g/mol. The highest BCUT2D eigenvalue weighted by Gasteiger charge is 2.27.